The van der Waals surface area contributed by atoms with E-state index < -0.39 is 34.7 Å². The number of piperidine rings is 1. The Morgan fingerprint density at radius 3 is 2.30 bits per heavy atom. The number of rotatable bonds is 5. The summed E-state index contributed by atoms with van der Waals surface area (Å²) < 4.78 is 58.8. The smallest absolute Gasteiger partial charge is 0.257 e. The largest absolute Gasteiger partial charge is 0.384 e. The summed E-state index contributed by atoms with van der Waals surface area (Å²) in [5, 5.41) is 5.53. The highest BCUT2D eigenvalue weighted by atomic mass is 19.2. The molecular weight excluding hydrogens is 316 g/mol. The fourth-order valence-corrected chi connectivity index (χ4v) is 2.76. The van der Waals surface area contributed by atoms with Gasteiger partial charge in [-0.05, 0) is 25.9 Å². The van der Waals surface area contributed by atoms with Crippen molar-refractivity contribution >= 4 is 5.91 Å². The van der Waals surface area contributed by atoms with Crippen LogP contribution in [-0.2, 0) is 4.74 Å². The van der Waals surface area contributed by atoms with Crippen molar-refractivity contribution in [2.24, 2.45) is 5.41 Å². The van der Waals surface area contributed by atoms with Crippen molar-refractivity contribution < 1.29 is 27.1 Å². The monoisotopic (exact) mass is 334 g/mol. The fourth-order valence-electron chi connectivity index (χ4n) is 2.76. The van der Waals surface area contributed by atoms with Crippen LogP contribution in [0.5, 0.6) is 0 Å². The van der Waals surface area contributed by atoms with E-state index in [-0.39, 0.29) is 18.0 Å². The zero-order chi connectivity index (χ0) is 17.0. The van der Waals surface area contributed by atoms with Crippen LogP contribution in [-0.4, -0.2) is 39.3 Å². The van der Waals surface area contributed by atoms with Crippen molar-refractivity contribution in [1.82, 2.24) is 10.6 Å². The van der Waals surface area contributed by atoms with Crippen molar-refractivity contribution in [3.8, 4) is 0 Å². The lowest BCUT2D eigenvalue weighted by atomic mass is 9.79. The number of nitrogens with one attached hydrogen (secondary N) is 2. The molecule has 8 heteroatoms. The average molecular weight is 334 g/mol. The minimum atomic E-state index is -1.70. The van der Waals surface area contributed by atoms with Gasteiger partial charge in [0, 0.05) is 25.1 Å². The number of ether oxygens (including phenoxy) is 1. The fraction of sp³-hybridized carbons (Fsp3) is 0.533. The molecule has 0 atom stereocenters. The Morgan fingerprint density at radius 2 is 1.78 bits per heavy atom. The second-order valence-corrected chi connectivity index (χ2v) is 5.71. The molecule has 1 aliphatic heterocycles. The minimum Gasteiger partial charge on any atom is -0.384 e. The van der Waals surface area contributed by atoms with Crippen LogP contribution in [0.4, 0.5) is 17.6 Å². The van der Waals surface area contributed by atoms with E-state index in [4.69, 9.17) is 4.74 Å². The Bertz CT molecular complexity index is 558. The van der Waals surface area contributed by atoms with Gasteiger partial charge < -0.3 is 15.4 Å². The van der Waals surface area contributed by atoms with E-state index in [1.54, 1.807) is 0 Å². The molecule has 2 rings (SSSR count). The Morgan fingerprint density at radius 1 is 1.22 bits per heavy atom. The first-order chi connectivity index (χ1) is 10.9. The number of hydrogen-bond acceptors (Lipinski definition) is 3. The van der Waals surface area contributed by atoms with Crippen molar-refractivity contribution in [3.63, 3.8) is 0 Å². The molecule has 4 nitrogen and oxygen atoms in total. The Kier molecular flexibility index (Phi) is 5.59. The van der Waals surface area contributed by atoms with Crippen molar-refractivity contribution in [2.75, 3.05) is 33.4 Å². The second kappa shape index (κ2) is 7.27. The van der Waals surface area contributed by atoms with Gasteiger partial charge in [-0.3, -0.25) is 4.79 Å². The molecule has 0 saturated carbocycles. The molecule has 0 bridgehead atoms. The third-order valence-corrected chi connectivity index (χ3v) is 4.08. The highest BCUT2D eigenvalue weighted by molar-refractivity contribution is 5.94. The first-order valence-corrected chi connectivity index (χ1v) is 7.21. The van der Waals surface area contributed by atoms with E-state index in [2.05, 4.69) is 10.6 Å². The lowest BCUT2D eigenvalue weighted by molar-refractivity contribution is 0.0509. The number of amides is 1. The maximum atomic E-state index is 13.6. The van der Waals surface area contributed by atoms with E-state index in [0.29, 0.717) is 19.4 Å². The predicted molar refractivity (Wildman–Crippen MR) is 75.0 cm³/mol. The molecule has 23 heavy (non-hydrogen) atoms. The molecule has 1 aromatic carbocycles. The zero-order valence-corrected chi connectivity index (χ0v) is 12.6. The molecule has 1 amide bonds. The van der Waals surface area contributed by atoms with Crippen LogP contribution >= 0.6 is 0 Å². The zero-order valence-electron chi connectivity index (χ0n) is 12.6. The SMILES string of the molecule is COCC1(CNC(=O)c2c(F)c(F)cc(F)c2F)CCNCC1. The van der Waals surface area contributed by atoms with Gasteiger partial charge in [-0.1, -0.05) is 0 Å². The quantitative estimate of drug-likeness (QED) is 0.640. The van der Waals surface area contributed by atoms with Gasteiger partial charge in [0.2, 0.25) is 0 Å². The molecular formula is C15H18F4N2O2. The van der Waals surface area contributed by atoms with Crippen LogP contribution in [0.2, 0.25) is 0 Å². The third kappa shape index (κ3) is 3.81. The Balaban J connectivity index is 2.16. The summed E-state index contributed by atoms with van der Waals surface area (Å²) in [4.78, 5) is 12.0. The molecule has 0 radical (unpaired) electrons. The molecule has 0 aromatic heterocycles. The molecule has 2 N–H and O–H groups in total. The number of methoxy groups -OCH3 is 1. The predicted octanol–water partition coefficient (Wildman–Crippen LogP) is 1.99. The molecule has 1 aliphatic rings. The standard InChI is InChI=1S/C15H18F4N2O2/c1-23-8-15(2-4-20-5-3-15)7-21-14(22)11-12(18)9(16)6-10(17)13(11)19/h6,20H,2-5,7-8H2,1H3,(H,21,22). The molecule has 0 spiro atoms. The Hall–Kier alpha value is -1.67. The van der Waals surface area contributed by atoms with Gasteiger partial charge >= 0.3 is 0 Å². The number of carbonyl (C=O) groups excluding carboxylic acids is 1. The molecule has 128 valence electrons. The summed E-state index contributed by atoms with van der Waals surface area (Å²) in [5.41, 5.74) is -1.63. The molecule has 1 aromatic rings. The van der Waals surface area contributed by atoms with E-state index >= 15 is 0 Å². The van der Waals surface area contributed by atoms with Crippen molar-refractivity contribution in [2.45, 2.75) is 12.8 Å². The van der Waals surface area contributed by atoms with Gasteiger partial charge in [-0.2, -0.15) is 0 Å². The summed E-state index contributed by atoms with van der Waals surface area (Å²) in [6, 6.07) is 0.0701. The average Bonchev–Trinajstić information content (AvgIpc) is 2.53. The van der Waals surface area contributed by atoms with Crippen LogP contribution in [0.15, 0.2) is 6.07 Å². The topological polar surface area (TPSA) is 50.4 Å². The van der Waals surface area contributed by atoms with Crippen LogP contribution < -0.4 is 10.6 Å². The minimum absolute atomic E-state index is 0.0701. The van der Waals surface area contributed by atoms with E-state index in [1.807, 2.05) is 0 Å². The number of halogens is 4. The van der Waals surface area contributed by atoms with E-state index in [9.17, 15) is 22.4 Å². The van der Waals surface area contributed by atoms with Gasteiger partial charge in [-0.15, -0.1) is 0 Å². The Labute approximate surface area is 131 Å². The van der Waals surface area contributed by atoms with Crippen LogP contribution in [0.1, 0.15) is 23.2 Å². The van der Waals surface area contributed by atoms with Gasteiger partial charge in [0.1, 0.15) is 5.56 Å². The molecule has 1 heterocycles. The van der Waals surface area contributed by atoms with E-state index in [0.717, 1.165) is 13.1 Å². The summed E-state index contributed by atoms with van der Waals surface area (Å²) in [5.74, 6) is -7.81. The van der Waals surface area contributed by atoms with Crippen LogP contribution in [0.3, 0.4) is 0 Å². The van der Waals surface area contributed by atoms with Crippen molar-refractivity contribution in [3.05, 3.63) is 34.9 Å². The summed E-state index contributed by atoms with van der Waals surface area (Å²) in [6.45, 7) is 1.89. The number of benzene rings is 1. The molecule has 0 aliphatic carbocycles. The van der Waals surface area contributed by atoms with Crippen LogP contribution in [0.25, 0.3) is 0 Å². The lowest BCUT2D eigenvalue weighted by Gasteiger charge is -2.37. The molecule has 1 fully saturated rings. The number of carbonyl (C=O) groups is 1. The summed E-state index contributed by atoms with van der Waals surface area (Å²) in [6.07, 6.45) is 1.40. The summed E-state index contributed by atoms with van der Waals surface area (Å²) >= 11 is 0. The van der Waals surface area contributed by atoms with E-state index in [1.165, 1.54) is 7.11 Å². The lowest BCUT2D eigenvalue weighted by Crippen LogP contribution is -2.47. The maximum absolute atomic E-state index is 13.6. The highest BCUT2D eigenvalue weighted by Gasteiger charge is 2.33. The molecule has 1 saturated heterocycles. The normalized spacial score (nSPS) is 17.1. The van der Waals surface area contributed by atoms with Gasteiger partial charge in [0.25, 0.3) is 5.91 Å². The summed E-state index contributed by atoms with van der Waals surface area (Å²) in [7, 11) is 1.52. The van der Waals surface area contributed by atoms with Crippen molar-refractivity contribution in [1.29, 1.82) is 0 Å². The second-order valence-electron chi connectivity index (χ2n) is 5.71. The first kappa shape index (κ1) is 17.7. The third-order valence-electron chi connectivity index (χ3n) is 4.08. The number of hydrogen-bond donors (Lipinski definition) is 2. The highest BCUT2D eigenvalue weighted by Crippen LogP contribution is 2.28. The van der Waals surface area contributed by atoms with Crippen LogP contribution in [0, 0.1) is 28.7 Å². The maximum Gasteiger partial charge on any atom is 0.257 e. The van der Waals surface area contributed by atoms with Gasteiger partial charge in [0.15, 0.2) is 23.3 Å². The first-order valence-electron chi connectivity index (χ1n) is 7.21. The van der Waals surface area contributed by atoms with Gasteiger partial charge in [-0.25, -0.2) is 17.6 Å². The van der Waals surface area contributed by atoms with Gasteiger partial charge in [0.05, 0.1) is 6.61 Å². The molecule has 0 unspecified atom stereocenters.